The average molecular weight is 308 g/mol. The minimum Gasteiger partial charge on any atom is -0.481 e. The summed E-state index contributed by atoms with van der Waals surface area (Å²) in [6.07, 6.45) is 3.71. The highest BCUT2D eigenvalue weighted by molar-refractivity contribution is 7.09. The van der Waals surface area contributed by atoms with E-state index < -0.39 is 5.97 Å². The molecule has 1 aromatic heterocycles. The van der Waals surface area contributed by atoms with Gasteiger partial charge in [-0.15, -0.1) is 11.3 Å². The number of carboxylic acid groups (broad SMARTS) is 1. The number of hydrogen-bond donors (Lipinski definition) is 1. The molecular formula is C15H20N2O3S. The average Bonchev–Trinajstić information content (AvgIpc) is 2.98. The van der Waals surface area contributed by atoms with Crippen molar-refractivity contribution >= 4 is 23.2 Å². The lowest BCUT2D eigenvalue weighted by atomic mass is 9.90. The minimum atomic E-state index is -0.677. The summed E-state index contributed by atoms with van der Waals surface area (Å²) in [5.74, 6) is -0.741. The molecule has 1 aliphatic heterocycles. The van der Waals surface area contributed by atoms with Gasteiger partial charge in [-0.3, -0.25) is 9.59 Å². The molecule has 21 heavy (non-hydrogen) atoms. The molecule has 2 heterocycles. The summed E-state index contributed by atoms with van der Waals surface area (Å²) in [7, 11) is 0. The van der Waals surface area contributed by atoms with Crippen LogP contribution < -0.4 is 0 Å². The number of likely N-dealkylation sites (tertiary alicyclic amines) is 1. The van der Waals surface area contributed by atoms with Crippen LogP contribution in [0, 0.1) is 11.3 Å². The Morgan fingerprint density at radius 1 is 1.48 bits per heavy atom. The normalized spacial score (nSPS) is 23.3. The topological polar surface area (TPSA) is 70.5 Å². The first kappa shape index (κ1) is 14.5. The molecule has 1 saturated heterocycles. The van der Waals surface area contributed by atoms with Gasteiger partial charge in [-0.2, -0.15) is 0 Å². The summed E-state index contributed by atoms with van der Waals surface area (Å²) < 4.78 is 0. The number of nitrogens with zero attached hydrogens (tertiary/aromatic N) is 2. The summed E-state index contributed by atoms with van der Waals surface area (Å²) in [6.45, 7) is 3.43. The molecule has 2 fully saturated rings. The number of aryl methyl sites for hydroxylation is 1. The highest BCUT2D eigenvalue weighted by Crippen LogP contribution is 2.59. The van der Waals surface area contributed by atoms with E-state index in [2.05, 4.69) is 11.9 Å². The molecule has 1 N–H and O–H groups in total. The summed E-state index contributed by atoms with van der Waals surface area (Å²) >= 11 is 1.60. The van der Waals surface area contributed by atoms with Crippen molar-refractivity contribution in [1.82, 2.24) is 9.88 Å². The van der Waals surface area contributed by atoms with Crippen LogP contribution in [0.2, 0.25) is 0 Å². The lowest BCUT2D eigenvalue weighted by molar-refractivity contribution is -0.139. The molecule has 2 aliphatic rings. The van der Waals surface area contributed by atoms with Crippen molar-refractivity contribution in [3.05, 3.63) is 16.1 Å². The van der Waals surface area contributed by atoms with Crippen LogP contribution in [0.3, 0.4) is 0 Å². The van der Waals surface area contributed by atoms with Crippen LogP contribution in [0.15, 0.2) is 5.38 Å². The summed E-state index contributed by atoms with van der Waals surface area (Å²) in [6, 6.07) is 0. The van der Waals surface area contributed by atoms with Gasteiger partial charge in [-0.25, -0.2) is 4.98 Å². The number of aromatic nitrogens is 1. The van der Waals surface area contributed by atoms with Gasteiger partial charge >= 0.3 is 5.97 Å². The molecule has 5 nitrogen and oxygen atoms in total. The van der Waals surface area contributed by atoms with Crippen molar-refractivity contribution in [3.63, 3.8) is 0 Å². The molecule has 0 bridgehead atoms. The lowest BCUT2D eigenvalue weighted by Crippen LogP contribution is -2.40. The van der Waals surface area contributed by atoms with Crippen molar-refractivity contribution in [1.29, 1.82) is 0 Å². The maximum atomic E-state index is 12.3. The van der Waals surface area contributed by atoms with Gasteiger partial charge in [0.25, 0.3) is 0 Å². The van der Waals surface area contributed by atoms with E-state index in [4.69, 9.17) is 5.11 Å². The van der Waals surface area contributed by atoms with E-state index in [1.165, 1.54) is 0 Å². The molecule has 0 aromatic carbocycles. The Morgan fingerprint density at radius 3 is 2.71 bits per heavy atom. The summed E-state index contributed by atoms with van der Waals surface area (Å²) in [5.41, 5.74) is 0.843. The fourth-order valence-corrected chi connectivity index (χ4v) is 4.05. The second kappa shape index (κ2) is 5.40. The number of aliphatic carboxylic acids is 1. The van der Waals surface area contributed by atoms with E-state index in [1.54, 1.807) is 11.3 Å². The maximum Gasteiger partial charge on any atom is 0.307 e. The molecule has 1 unspecified atom stereocenters. The number of rotatable bonds is 4. The molecule has 6 heteroatoms. The van der Waals surface area contributed by atoms with Crippen LogP contribution in [0.1, 0.15) is 36.9 Å². The Bertz CT molecular complexity index is 561. The Labute approximate surface area is 128 Å². The first-order valence-corrected chi connectivity index (χ1v) is 8.36. The van der Waals surface area contributed by atoms with Gasteiger partial charge in [0, 0.05) is 18.5 Å². The fraction of sp³-hybridized carbons (Fsp3) is 0.667. The molecule has 0 radical (unpaired) electrons. The SMILES string of the molecule is CCc1nc(CC(=O)N2CCC3(CC2)CC3C(=O)O)cs1. The van der Waals surface area contributed by atoms with Gasteiger partial charge in [0.15, 0.2) is 0 Å². The number of carbonyl (C=O) groups is 2. The van der Waals surface area contributed by atoms with Gasteiger partial charge in [-0.1, -0.05) is 6.92 Å². The zero-order valence-electron chi connectivity index (χ0n) is 12.2. The lowest BCUT2D eigenvalue weighted by Gasteiger charge is -2.32. The molecule has 1 atom stereocenters. The predicted octanol–water partition coefficient (Wildman–Crippen LogP) is 1.96. The maximum absolute atomic E-state index is 12.3. The van der Waals surface area contributed by atoms with Crippen molar-refractivity contribution in [2.24, 2.45) is 11.3 Å². The van der Waals surface area contributed by atoms with Gasteiger partial charge < -0.3 is 10.0 Å². The van der Waals surface area contributed by atoms with E-state index in [-0.39, 0.29) is 17.2 Å². The van der Waals surface area contributed by atoms with E-state index in [0.717, 1.165) is 36.4 Å². The first-order valence-electron chi connectivity index (χ1n) is 7.48. The van der Waals surface area contributed by atoms with Gasteiger partial charge in [-0.05, 0) is 31.1 Å². The largest absolute Gasteiger partial charge is 0.481 e. The minimum absolute atomic E-state index is 0.0153. The van der Waals surface area contributed by atoms with Crippen LogP contribution in [-0.4, -0.2) is 40.0 Å². The molecule has 114 valence electrons. The van der Waals surface area contributed by atoms with Gasteiger partial charge in [0.05, 0.1) is 23.0 Å². The molecular weight excluding hydrogens is 288 g/mol. The predicted molar refractivity (Wildman–Crippen MR) is 79.2 cm³/mol. The fourth-order valence-electron chi connectivity index (χ4n) is 3.31. The van der Waals surface area contributed by atoms with Crippen LogP contribution in [-0.2, 0) is 22.4 Å². The number of carboxylic acids is 1. The van der Waals surface area contributed by atoms with Gasteiger partial charge in [0.2, 0.25) is 5.91 Å². The molecule has 1 saturated carbocycles. The highest BCUT2D eigenvalue weighted by atomic mass is 32.1. The second-order valence-electron chi connectivity index (χ2n) is 6.10. The number of piperidine rings is 1. The van der Waals surface area contributed by atoms with Crippen LogP contribution in [0.4, 0.5) is 0 Å². The van der Waals surface area contributed by atoms with E-state index in [1.807, 2.05) is 10.3 Å². The molecule has 1 amide bonds. The van der Waals surface area contributed by atoms with E-state index >= 15 is 0 Å². The number of amides is 1. The molecule has 1 aliphatic carbocycles. The van der Waals surface area contributed by atoms with Crippen molar-refractivity contribution < 1.29 is 14.7 Å². The third-order valence-electron chi connectivity index (χ3n) is 4.83. The summed E-state index contributed by atoms with van der Waals surface area (Å²) in [5, 5.41) is 12.1. The van der Waals surface area contributed by atoms with E-state index in [9.17, 15) is 9.59 Å². The number of carbonyl (C=O) groups excluding carboxylic acids is 1. The monoisotopic (exact) mass is 308 g/mol. The Balaban J connectivity index is 1.52. The van der Waals surface area contributed by atoms with Gasteiger partial charge in [0.1, 0.15) is 0 Å². The Morgan fingerprint density at radius 2 is 2.19 bits per heavy atom. The number of thiazole rings is 1. The molecule has 1 spiro atoms. The standard InChI is InChI=1S/C15H20N2O3S/c1-2-12-16-10(9-21-12)7-13(18)17-5-3-15(4-6-17)8-11(15)14(19)20/h9,11H,2-8H2,1H3,(H,19,20). The van der Waals surface area contributed by atoms with Crippen molar-refractivity contribution in [3.8, 4) is 0 Å². The number of hydrogen-bond acceptors (Lipinski definition) is 4. The zero-order valence-corrected chi connectivity index (χ0v) is 13.0. The third-order valence-corrected chi connectivity index (χ3v) is 5.88. The van der Waals surface area contributed by atoms with E-state index in [0.29, 0.717) is 19.5 Å². The second-order valence-corrected chi connectivity index (χ2v) is 7.04. The van der Waals surface area contributed by atoms with Crippen LogP contribution in [0.5, 0.6) is 0 Å². The highest BCUT2D eigenvalue weighted by Gasteiger charge is 2.59. The van der Waals surface area contributed by atoms with Crippen molar-refractivity contribution in [2.45, 2.75) is 39.0 Å². The molecule has 1 aromatic rings. The Kier molecular flexibility index (Phi) is 3.73. The van der Waals surface area contributed by atoms with Crippen LogP contribution >= 0.6 is 11.3 Å². The Hall–Kier alpha value is -1.43. The van der Waals surface area contributed by atoms with Crippen molar-refractivity contribution in [2.75, 3.05) is 13.1 Å². The summed E-state index contributed by atoms with van der Waals surface area (Å²) in [4.78, 5) is 29.6. The third kappa shape index (κ3) is 2.81. The van der Waals surface area contributed by atoms with Crippen LogP contribution in [0.25, 0.3) is 0 Å². The molecule has 3 rings (SSSR count). The first-order chi connectivity index (χ1) is 10.0. The zero-order chi connectivity index (χ0) is 15.0. The quantitative estimate of drug-likeness (QED) is 0.923. The smallest absolute Gasteiger partial charge is 0.307 e.